The Kier molecular flexibility index (Phi) is 8.52. The van der Waals surface area contributed by atoms with Crippen LogP contribution >= 0.6 is 34.8 Å². The lowest BCUT2D eigenvalue weighted by Gasteiger charge is -2.18. The van der Waals surface area contributed by atoms with Crippen LogP contribution in [0.15, 0.2) is 12.1 Å². The van der Waals surface area contributed by atoms with Crippen molar-refractivity contribution in [2.45, 2.75) is 39.2 Å². The second kappa shape index (κ2) is 9.85. The fraction of sp³-hybridized carbons (Fsp3) is 0.467. The maximum absolute atomic E-state index is 12.1. The largest absolute Gasteiger partial charge is 0.464 e. The molecule has 1 aromatic carbocycles. The van der Waals surface area contributed by atoms with Gasteiger partial charge in [-0.15, -0.1) is 0 Å². The Balaban J connectivity index is 2.75. The third-order valence-corrected chi connectivity index (χ3v) is 4.02. The number of nitrogens with one attached hydrogen (secondary N) is 2. The normalized spacial score (nSPS) is 11.7. The predicted molar refractivity (Wildman–Crippen MR) is 93.6 cm³/mol. The molecule has 5 nitrogen and oxygen atoms in total. The second-order valence-electron chi connectivity index (χ2n) is 4.79. The zero-order chi connectivity index (χ0) is 17.4. The topological polar surface area (TPSA) is 67.4 Å². The summed E-state index contributed by atoms with van der Waals surface area (Å²) >= 11 is 17.7. The van der Waals surface area contributed by atoms with Gasteiger partial charge in [-0.25, -0.2) is 9.59 Å². The van der Waals surface area contributed by atoms with Gasteiger partial charge in [0.05, 0.1) is 27.4 Å². The lowest BCUT2D eigenvalue weighted by Crippen LogP contribution is -2.44. The quantitative estimate of drug-likeness (QED) is 0.522. The predicted octanol–water partition coefficient (Wildman–Crippen LogP) is 4.89. The molecule has 8 heteroatoms. The molecule has 0 aromatic heterocycles. The van der Waals surface area contributed by atoms with Crippen LogP contribution in [-0.2, 0) is 9.53 Å². The van der Waals surface area contributed by atoms with Crippen LogP contribution < -0.4 is 10.6 Å². The maximum atomic E-state index is 12.1. The minimum Gasteiger partial charge on any atom is -0.464 e. The van der Waals surface area contributed by atoms with Crippen molar-refractivity contribution in [2.75, 3.05) is 11.9 Å². The first-order valence-corrected chi connectivity index (χ1v) is 8.41. The van der Waals surface area contributed by atoms with E-state index in [1.807, 2.05) is 6.92 Å². The molecule has 0 saturated carbocycles. The summed E-state index contributed by atoms with van der Waals surface area (Å²) < 4.78 is 4.96. The summed E-state index contributed by atoms with van der Waals surface area (Å²) in [5.74, 6) is -0.462. The van der Waals surface area contributed by atoms with Gasteiger partial charge in [-0.2, -0.15) is 0 Å². The third kappa shape index (κ3) is 6.45. The number of halogens is 3. The van der Waals surface area contributed by atoms with Gasteiger partial charge < -0.3 is 15.4 Å². The zero-order valence-corrected chi connectivity index (χ0v) is 15.2. The van der Waals surface area contributed by atoms with Crippen LogP contribution in [0.3, 0.4) is 0 Å². The summed E-state index contributed by atoms with van der Waals surface area (Å²) in [6.07, 6.45) is 2.19. The Bertz CT molecular complexity index is 567. The number of unbranched alkanes of at least 4 members (excludes halogenated alkanes) is 1. The standard InChI is InChI=1S/C15H19Cl3N2O3/c1-3-5-6-12(14(21)23-4-2)19-15(22)20-13-8-10(17)9(16)7-11(13)18/h7-8,12H,3-6H2,1-2H3,(H2,19,20,22). The number of urea groups is 1. The molecule has 0 aliphatic rings. The number of amides is 2. The first-order valence-electron chi connectivity index (χ1n) is 7.27. The number of esters is 1. The van der Waals surface area contributed by atoms with E-state index < -0.39 is 18.0 Å². The first-order chi connectivity index (χ1) is 10.9. The Morgan fingerprint density at radius 1 is 1.13 bits per heavy atom. The molecule has 1 aromatic rings. The molecule has 0 heterocycles. The van der Waals surface area contributed by atoms with Crippen LogP contribution in [0.2, 0.25) is 15.1 Å². The summed E-state index contributed by atoms with van der Waals surface area (Å²) in [6, 6.07) is 1.59. The molecular formula is C15H19Cl3N2O3. The van der Waals surface area contributed by atoms with Crippen LogP contribution in [0, 0.1) is 0 Å². The van der Waals surface area contributed by atoms with Gasteiger partial charge in [0.15, 0.2) is 0 Å². The van der Waals surface area contributed by atoms with Crippen molar-refractivity contribution in [3.8, 4) is 0 Å². The Labute approximate surface area is 150 Å². The summed E-state index contributed by atoms with van der Waals surface area (Å²) in [4.78, 5) is 24.0. The average molecular weight is 382 g/mol. The molecule has 0 aliphatic heterocycles. The molecule has 1 atom stereocenters. The molecule has 0 fully saturated rings. The molecule has 1 unspecified atom stereocenters. The van der Waals surface area contributed by atoms with Gasteiger partial charge in [0.25, 0.3) is 0 Å². The molecular weight excluding hydrogens is 363 g/mol. The highest BCUT2D eigenvalue weighted by molar-refractivity contribution is 6.44. The molecule has 0 spiro atoms. The van der Waals surface area contributed by atoms with E-state index in [9.17, 15) is 9.59 Å². The van der Waals surface area contributed by atoms with E-state index in [-0.39, 0.29) is 21.7 Å². The SMILES string of the molecule is CCCCC(NC(=O)Nc1cc(Cl)c(Cl)cc1Cl)C(=O)OCC. The second-order valence-corrected chi connectivity index (χ2v) is 6.01. The van der Waals surface area contributed by atoms with E-state index in [2.05, 4.69) is 10.6 Å². The summed E-state index contributed by atoms with van der Waals surface area (Å²) in [6.45, 7) is 3.96. The van der Waals surface area contributed by atoms with Crippen LogP contribution in [0.1, 0.15) is 33.1 Å². The molecule has 2 N–H and O–H groups in total. The van der Waals surface area contributed by atoms with E-state index in [1.54, 1.807) is 6.92 Å². The molecule has 1 rings (SSSR count). The number of ether oxygens (including phenoxy) is 1. The number of carbonyl (C=O) groups is 2. The van der Waals surface area contributed by atoms with Crippen molar-refractivity contribution in [1.29, 1.82) is 0 Å². The van der Waals surface area contributed by atoms with Crippen molar-refractivity contribution >= 4 is 52.5 Å². The minimum absolute atomic E-state index is 0.246. The highest BCUT2D eigenvalue weighted by Crippen LogP contribution is 2.32. The van der Waals surface area contributed by atoms with Gasteiger partial charge in [0.1, 0.15) is 6.04 Å². The summed E-state index contributed by atoms with van der Waals surface area (Å²) in [7, 11) is 0. The van der Waals surface area contributed by atoms with Gasteiger partial charge in [-0.05, 0) is 25.5 Å². The minimum atomic E-state index is -0.712. The van der Waals surface area contributed by atoms with Crippen molar-refractivity contribution in [1.82, 2.24) is 5.32 Å². The fourth-order valence-corrected chi connectivity index (χ4v) is 2.43. The lowest BCUT2D eigenvalue weighted by atomic mass is 10.1. The number of hydrogen-bond acceptors (Lipinski definition) is 3. The smallest absolute Gasteiger partial charge is 0.328 e. The summed E-state index contributed by atoms with van der Waals surface area (Å²) in [5.41, 5.74) is 0.302. The van der Waals surface area contributed by atoms with Gasteiger partial charge >= 0.3 is 12.0 Å². The molecule has 0 aliphatic carbocycles. The fourth-order valence-electron chi connectivity index (χ4n) is 1.84. The molecule has 2 amide bonds. The first kappa shape index (κ1) is 19.9. The summed E-state index contributed by atoms with van der Waals surface area (Å²) in [5, 5.41) is 5.93. The van der Waals surface area contributed by atoms with Crippen LogP contribution in [0.4, 0.5) is 10.5 Å². The van der Waals surface area contributed by atoms with Crippen molar-refractivity contribution in [3.63, 3.8) is 0 Å². The van der Waals surface area contributed by atoms with Gasteiger partial charge in [-0.1, -0.05) is 54.6 Å². The molecule has 0 saturated heterocycles. The monoisotopic (exact) mass is 380 g/mol. The van der Waals surface area contributed by atoms with E-state index >= 15 is 0 Å². The molecule has 0 bridgehead atoms. The lowest BCUT2D eigenvalue weighted by molar-refractivity contribution is -0.145. The van der Waals surface area contributed by atoms with E-state index in [1.165, 1.54) is 12.1 Å². The number of carbonyl (C=O) groups excluding carboxylic acids is 2. The number of benzene rings is 1. The van der Waals surface area contributed by atoms with Crippen molar-refractivity contribution < 1.29 is 14.3 Å². The highest BCUT2D eigenvalue weighted by Gasteiger charge is 2.22. The van der Waals surface area contributed by atoms with Crippen LogP contribution in [0.25, 0.3) is 0 Å². The number of hydrogen-bond donors (Lipinski definition) is 2. The van der Waals surface area contributed by atoms with Crippen LogP contribution in [-0.4, -0.2) is 24.6 Å². The van der Waals surface area contributed by atoms with E-state index in [0.717, 1.165) is 12.8 Å². The Morgan fingerprint density at radius 2 is 1.78 bits per heavy atom. The van der Waals surface area contributed by atoms with E-state index in [0.29, 0.717) is 12.1 Å². The molecule has 128 valence electrons. The van der Waals surface area contributed by atoms with Gasteiger partial charge in [0.2, 0.25) is 0 Å². The van der Waals surface area contributed by atoms with E-state index in [4.69, 9.17) is 39.5 Å². The van der Waals surface area contributed by atoms with Crippen molar-refractivity contribution in [3.05, 3.63) is 27.2 Å². The number of rotatable bonds is 7. The zero-order valence-electron chi connectivity index (χ0n) is 12.9. The van der Waals surface area contributed by atoms with Gasteiger partial charge in [0, 0.05) is 0 Å². The average Bonchev–Trinajstić information content (AvgIpc) is 2.49. The molecule has 23 heavy (non-hydrogen) atoms. The van der Waals surface area contributed by atoms with Crippen molar-refractivity contribution in [2.24, 2.45) is 0 Å². The number of anilines is 1. The maximum Gasteiger partial charge on any atom is 0.328 e. The Hall–Kier alpha value is -1.17. The van der Waals surface area contributed by atoms with Gasteiger partial charge in [-0.3, -0.25) is 0 Å². The third-order valence-electron chi connectivity index (χ3n) is 2.98. The highest BCUT2D eigenvalue weighted by atomic mass is 35.5. The van der Waals surface area contributed by atoms with Crippen LogP contribution in [0.5, 0.6) is 0 Å². The molecule has 0 radical (unpaired) electrons. The Morgan fingerprint density at radius 3 is 2.39 bits per heavy atom.